The molecule has 108 valence electrons. The standard InChI is InChI=1S/C13H15N3O2S.ClH/c1-18-11-4-2-10(3-5-11)8-16(9-12(14)17)13-15-6-7-19-13;/h2-7H,8-9H2,1H3,(H2,14,17);1H. The SMILES string of the molecule is COc1ccc(CN(CC(N)=O)c2nccs2)cc1.Cl. The maximum atomic E-state index is 11.1. The molecule has 1 aromatic heterocycles. The van der Waals surface area contributed by atoms with Crippen LogP contribution in [0, 0.1) is 0 Å². The molecule has 0 radical (unpaired) electrons. The lowest BCUT2D eigenvalue weighted by atomic mass is 10.2. The molecule has 20 heavy (non-hydrogen) atoms. The van der Waals surface area contributed by atoms with Crippen LogP contribution in [0.1, 0.15) is 5.56 Å². The summed E-state index contributed by atoms with van der Waals surface area (Å²) < 4.78 is 5.11. The van der Waals surface area contributed by atoms with Gasteiger partial charge in [-0.15, -0.1) is 23.7 Å². The smallest absolute Gasteiger partial charge is 0.237 e. The summed E-state index contributed by atoms with van der Waals surface area (Å²) in [7, 11) is 1.63. The topological polar surface area (TPSA) is 68.5 Å². The molecule has 2 rings (SSSR count). The molecule has 1 amide bonds. The summed E-state index contributed by atoms with van der Waals surface area (Å²) in [5, 5.41) is 2.66. The number of carbonyl (C=O) groups is 1. The first-order chi connectivity index (χ1) is 9.19. The van der Waals surface area contributed by atoms with Gasteiger partial charge in [0, 0.05) is 18.1 Å². The molecular formula is C13H16ClN3O2S. The lowest BCUT2D eigenvalue weighted by Crippen LogP contribution is -2.33. The zero-order valence-electron chi connectivity index (χ0n) is 11.0. The van der Waals surface area contributed by atoms with E-state index in [0.717, 1.165) is 16.4 Å². The maximum Gasteiger partial charge on any atom is 0.237 e. The third kappa shape index (κ3) is 4.40. The number of anilines is 1. The highest BCUT2D eigenvalue weighted by Gasteiger charge is 2.12. The summed E-state index contributed by atoms with van der Waals surface area (Å²) in [6.45, 7) is 0.736. The van der Waals surface area contributed by atoms with E-state index in [0.29, 0.717) is 6.54 Å². The van der Waals surface area contributed by atoms with Gasteiger partial charge in [0.25, 0.3) is 0 Å². The molecule has 2 aromatic rings. The Hall–Kier alpha value is -1.79. The zero-order chi connectivity index (χ0) is 13.7. The number of rotatable bonds is 6. The minimum absolute atomic E-state index is 0. The van der Waals surface area contributed by atoms with Crippen molar-refractivity contribution in [2.45, 2.75) is 6.54 Å². The van der Waals surface area contributed by atoms with Gasteiger partial charge in [-0.25, -0.2) is 4.98 Å². The fraction of sp³-hybridized carbons (Fsp3) is 0.231. The third-order valence-electron chi connectivity index (χ3n) is 2.57. The van der Waals surface area contributed by atoms with Crippen molar-refractivity contribution >= 4 is 34.8 Å². The Morgan fingerprint density at radius 1 is 1.40 bits per heavy atom. The van der Waals surface area contributed by atoms with Crippen LogP contribution in [0.25, 0.3) is 0 Å². The Morgan fingerprint density at radius 3 is 2.60 bits per heavy atom. The van der Waals surface area contributed by atoms with Crippen molar-refractivity contribution in [1.82, 2.24) is 4.98 Å². The Morgan fingerprint density at radius 2 is 2.10 bits per heavy atom. The molecule has 0 bridgehead atoms. The fourth-order valence-corrected chi connectivity index (χ4v) is 2.35. The first-order valence-electron chi connectivity index (χ1n) is 5.74. The van der Waals surface area contributed by atoms with Gasteiger partial charge in [-0.2, -0.15) is 0 Å². The third-order valence-corrected chi connectivity index (χ3v) is 3.40. The molecule has 1 aromatic carbocycles. The molecule has 0 saturated heterocycles. The van der Waals surface area contributed by atoms with Crippen LogP contribution in [0.3, 0.4) is 0 Å². The van der Waals surface area contributed by atoms with Gasteiger partial charge in [0.05, 0.1) is 13.7 Å². The van der Waals surface area contributed by atoms with Crippen LogP contribution >= 0.6 is 23.7 Å². The van der Waals surface area contributed by atoms with E-state index in [4.69, 9.17) is 10.5 Å². The van der Waals surface area contributed by atoms with Crippen LogP contribution in [-0.2, 0) is 11.3 Å². The van der Waals surface area contributed by atoms with Gasteiger partial charge < -0.3 is 15.4 Å². The molecule has 0 atom stereocenters. The van der Waals surface area contributed by atoms with Gasteiger partial charge in [0.1, 0.15) is 5.75 Å². The highest BCUT2D eigenvalue weighted by atomic mass is 35.5. The number of amides is 1. The van der Waals surface area contributed by atoms with Crippen molar-refractivity contribution in [3.63, 3.8) is 0 Å². The fourth-order valence-electron chi connectivity index (χ4n) is 1.70. The number of methoxy groups -OCH3 is 1. The molecule has 2 N–H and O–H groups in total. The van der Waals surface area contributed by atoms with Gasteiger partial charge >= 0.3 is 0 Å². The molecule has 0 aliphatic heterocycles. The molecule has 0 saturated carbocycles. The predicted molar refractivity (Wildman–Crippen MR) is 82.6 cm³/mol. The second-order valence-corrected chi connectivity index (χ2v) is 4.86. The number of aromatic nitrogens is 1. The minimum atomic E-state index is -0.372. The van der Waals surface area contributed by atoms with E-state index in [1.54, 1.807) is 13.3 Å². The quantitative estimate of drug-likeness (QED) is 0.886. The highest BCUT2D eigenvalue weighted by Crippen LogP contribution is 2.20. The molecule has 0 spiro atoms. The van der Waals surface area contributed by atoms with Crippen molar-refractivity contribution in [3.05, 3.63) is 41.4 Å². The Bertz CT molecular complexity index is 531. The van der Waals surface area contributed by atoms with E-state index in [-0.39, 0.29) is 24.9 Å². The molecule has 5 nitrogen and oxygen atoms in total. The maximum absolute atomic E-state index is 11.1. The van der Waals surface area contributed by atoms with Crippen LogP contribution in [0.2, 0.25) is 0 Å². The van der Waals surface area contributed by atoms with E-state index in [9.17, 15) is 4.79 Å². The first kappa shape index (κ1) is 16.3. The van der Waals surface area contributed by atoms with Crippen LogP contribution < -0.4 is 15.4 Å². The van der Waals surface area contributed by atoms with Crippen LogP contribution in [0.5, 0.6) is 5.75 Å². The number of halogens is 1. The van der Waals surface area contributed by atoms with Crippen LogP contribution in [0.15, 0.2) is 35.8 Å². The van der Waals surface area contributed by atoms with Crippen molar-refractivity contribution in [2.75, 3.05) is 18.6 Å². The molecule has 1 heterocycles. The van der Waals surface area contributed by atoms with Crippen molar-refractivity contribution in [2.24, 2.45) is 5.73 Å². The summed E-state index contributed by atoms with van der Waals surface area (Å²) >= 11 is 1.48. The average molecular weight is 314 g/mol. The molecule has 7 heteroatoms. The van der Waals surface area contributed by atoms with Crippen molar-refractivity contribution in [3.8, 4) is 5.75 Å². The van der Waals surface area contributed by atoms with Gasteiger partial charge in [0.2, 0.25) is 5.91 Å². The molecule has 0 unspecified atom stereocenters. The van der Waals surface area contributed by atoms with Crippen molar-refractivity contribution < 1.29 is 9.53 Å². The second kappa shape index (κ2) is 7.72. The van der Waals surface area contributed by atoms with Gasteiger partial charge in [-0.05, 0) is 17.7 Å². The summed E-state index contributed by atoms with van der Waals surface area (Å²) in [5.41, 5.74) is 6.34. The number of hydrogen-bond acceptors (Lipinski definition) is 5. The molecule has 0 aliphatic carbocycles. The highest BCUT2D eigenvalue weighted by molar-refractivity contribution is 7.13. The van der Waals surface area contributed by atoms with E-state index < -0.39 is 0 Å². The number of ether oxygens (including phenoxy) is 1. The van der Waals surface area contributed by atoms with Gasteiger partial charge in [0.15, 0.2) is 5.13 Å². The number of carbonyl (C=O) groups excluding carboxylic acids is 1. The number of thiazole rings is 1. The molecular weight excluding hydrogens is 298 g/mol. The number of nitrogens with zero attached hydrogens (tertiary/aromatic N) is 2. The Balaban J connectivity index is 0.00000200. The summed E-state index contributed by atoms with van der Waals surface area (Å²) in [6, 6.07) is 7.69. The number of hydrogen-bond donors (Lipinski definition) is 1. The van der Waals surface area contributed by atoms with E-state index in [1.165, 1.54) is 11.3 Å². The predicted octanol–water partition coefficient (Wildman–Crippen LogP) is 2.07. The van der Waals surface area contributed by atoms with Gasteiger partial charge in [-0.3, -0.25) is 4.79 Å². The Kier molecular flexibility index (Phi) is 6.27. The summed E-state index contributed by atoms with van der Waals surface area (Å²) in [5.74, 6) is 0.433. The lowest BCUT2D eigenvalue weighted by Gasteiger charge is -2.20. The van der Waals surface area contributed by atoms with E-state index in [1.807, 2.05) is 34.5 Å². The first-order valence-corrected chi connectivity index (χ1v) is 6.62. The molecule has 0 aliphatic rings. The van der Waals surface area contributed by atoms with Crippen molar-refractivity contribution in [1.29, 1.82) is 0 Å². The number of primary amides is 1. The number of nitrogens with two attached hydrogens (primary N) is 1. The van der Waals surface area contributed by atoms with E-state index in [2.05, 4.69) is 4.98 Å². The summed E-state index contributed by atoms with van der Waals surface area (Å²) in [4.78, 5) is 17.2. The summed E-state index contributed by atoms with van der Waals surface area (Å²) in [6.07, 6.45) is 1.71. The second-order valence-electron chi connectivity index (χ2n) is 3.99. The van der Waals surface area contributed by atoms with Crippen LogP contribution in [0.4, 0.5) is 5.13 Å². The molecule has 0 fully saturated rings. The van der Waals surface area contributed by atoms with E-state index >= 15 is 0 Å². The largest absolute Gasteiger partial charge is 0.497 e. The Labute approximate surface area is 127 Å². The monoisotopic (exact) mass is 313 g/mol. The van der Waals surface area contributed by atoms with Gasteiger partial charge in [-0.1, -0.05) is 12.1 Å². The minimum Gasteiger partial charge on any atom is -0.497 e. The number of benzene rings is 1. The zero-order valence-corrected chi connectivity index (χ0v) is 12.6. The normalized spacial score (nSPS) is 9.65. The van der Waals surface area contributed by atoms with Crippen LogP contribution in [-0.4, -0.2) is 24.5 Å². The lowest BCUT2D eigenvalue weighted by molar-refractivity contribution is -0.116. The average Bonchev–Trinajstić information content (AvgIpc) is 2.92.